The van der Waals surface area contributed by atoms with Gasteiger partial charge in [0, 0.05) is 39.1 Å². The monoisotopic (exact) mass is 796 g/mol. The van der Waals surface area contributed by atoms with E-state index < -0.39 is 12.3 Å². The molecule has 4 heterocycles. The molecule has 5 rings (SSSR count). The summed E-state index contributed by atoms with van der Waals surface area (Å²) in [7, 11) is 4.13. The summed E-state index contributed by atoms with van der Waals surface area (Å²) in [6.07, 6.45) is 14.9. The van der Waals surface area contributed by atoms with E-state index in [9.17, 15) is 22.8 Å². The zero-order valence-electron chi connectivity index (χ0n) is 36.2. The molecule has 1 aliphatic carbocycles. The number of allylic oxidation sites excluding steroid dienone is 1. The van der Waals surface area contributed by atoms with Gasteiger partial charge in [0.05, 0.1) is 23.5 Å². The normalized spacial score (nSPS) is 17.6. The van der Waals surface area contributed by atoms with E-state index >= 15 is 0 Å². The first-order valence-electron chi connectivity index (χ1n) is 20.6. The number of carbonyl (C=O) groups is 2. The second-order valence-electron chi connectivity index (χ2n) is 16.3. The lowest BCUT2D eigenvalue weighted by atomic mass is 9.98. The lowest BCUT2D eigenvalue weighted by molar-refractivity contribution is -0.122. The van der Waals surface area contributed by atoms with Crippen LogP contribution in [0.3, 0.4) is 0 Å². The van der Waals surface area contributed by atoms with Crippen LogP contribution in [0, 0.1) is 12.8 Å². The van der Waals surface area contributed by atoms with E-state index in [4.69, 9.17) is 19.8 Å². The number of fused-ring (bicyclic) bond motifs is 1. The van der Waals surface area contributed by atoms with E-state index in [1.165, 1.54) is 31.3 Å². The van der Waals surface area contributed by atoms with Gasteiger partial charge in [-0.2, -0.15) is 23.3 Å². The van der Waals surface area contributed by atoms with Crippen LogP contribution < -0.4 is 15.5 Å². The van der Waals surface area contributed by atoms with Crippen LogP contribution in [0.4, 0.5) is 23.8 Å². The van der Waals surface area contributed by atoms with Crippen molar-refractivity contribution in [2.75, 3.05) is 58.3 Å². The van der Waals surface area contributed by atoms with Gasteiger partial charge >= 0.3 is 12.8 Å². The number of carbonyl (C=O) groups excluding carboxylic acids is 2. The summed E-state index contributed by atoms with van der Waals surface area (Å²) in [5.74, 6) is 2.46. The second kappa shape index (κ2) is 23.7. The van der Waals surface area contributed by atoms with Crippen LogP contribution in [0.2, 0.25) is 0 Å². The smallest absolute Gasteiger partial charge is 0.410 e. The molecule has 1 saturated carbocycles. The van der Waals surface area contributed by atoms with Crippen LogP contribution in [-0.2, 0) is 9.53 Å². The Balaban J connectivity index is 0.000000419. The fourth-order valence-electron chi connectivity index (χ4n) is 6.34. The van der Waals surface area contributed by atoms with Gasteiger partial charge in [-0.1, -0.05) is 58.6 Å². The van der Waals surface area contributed by atoms with Crippen LogP contribution in [0.15, 0.2) is 17.8 Å². The van der Waals surface area contributed by atoms with Crippen LogP contribution >= 0.6 is 0 Å². The summed E-state index contributed by atoms with van der Waals surface area (Å²) in [6, 6.07) is 0.193. The molecule has 2 N–H and O–H groups in total. The number of imidazole rings is 1. The molecular formula is C41H72F3N9O3. The third-order valence-electron chi connectivity index (χ3n) is 10.5. The molecule has 0 radical (unpaired) electrons. The Morgan fingerprint density at radius 1 is 1.12 bits per heavy atom. The topological polar surface area (TPSA) is 120 Å². The number of nitrogens with one attached hydrogen (secondary N) is 2. The van der Waals surface area contributed by atoms with Crippen molar-refractivity contribution in [3.8, 4) is 0 Å². The highest BCUT2D eigenvalue weighted by Gasteiger charge is 2.54. The number of amides is 2. The molecule has 2 aromatic rings. The standard InChI is InChI=1S/C26H43N7O2.C9H19N.C5H9NO.CHF3/c1-8-18(2)10-9-11-20(27-7)21-16-33-23(28-21)29-22(19(3)30-33)31-14-15-32(26(17-31)12-13-26)24(34)35-25(4,5)6;1-5-9(3)7-8-10(4)6-2;7-5-3-1-2-4-6-5;2-1(3)4/h16,18,20,27H,8-15,17H2,1-7H3;7H,5-6,8H2,1-4H3;1-4H2,(H,6,7);1H/b;9-7+;;. The SMILES string of the molecule is CC/C(C)=C/CN(C)CC.CCC(C)CCCC(NC)c1cn2nc(C)c(N3CCN(C(=O)OC(C)(C)C)C4(CC4)C3)nc2n1.FC(F)F.O=C1CCCCN1. The summed E-state index contributed by atoms with van der Waals surface area (Å²) in [5.41, 5.74) is 2.70. The number of piperazine rings is 1. The van der Waals surface area contributed by atoms with Crippen molar-refractivity contribution in [1.29, 1.82) is 0 Å². The molecule has 320 valence electrons. The number of nitrogens with zero attached hydrogens (tertiary/aromatic N) is 7. The number of alkyl halides is 3. The van der Waals surface area contributed by atoms with Gasteiger partial charge in [0.2, 0.25) is 5.91 Å². The minimum Gasteiger partial charge on any atom is -0.444 e. The van der Waals surface area contributed by atoms with Gasteiger partial charge in [-0.05, 0) is 99.7 Å². The van der Waals surface area contributed by atoms with Crippen molar-refractivity contribution in [3.63, 3.8) is 0 Å². The largest absolute Gasteiger partial charge is 0.444 e. The molecule has 0 bridgehead atoms. The van der Waals surface area contributed by atoms with Crippen molar-refractivity contribution in [2.24, 2.45) is 5.92 Å². The number of halogens is 3. The number of hydrogen-bond donors (Lipinski definition) is 2. The summed E-state index contributed by atoms with van der Waals surface area (Å²) in [6.45, 7) is 20.4. The maximum Gasteiger partial charge on any atom is 0.410 e. The zero-order valence-corrected chi connectivity index (χ0v) is 36.2. The molecule has 15 heteroatoms. The molecule has 3 aliphatic rings. The Labute approximate surface area is 334 Å². The maximum atomic E-state index is 12.8. The Kier molecular flexibility index (Phi) is 20.6. The molecule has 56 heavy (non-hydrogen) atoms. The molecule has 2 unspecified atom stereocenters. The molecule has 12 nitrogen and oxygen atoms in total. The van der Waals surface area contributed by atoms with Gasteiger partial charge in [-0.15, -0.1) is 0 Å². The number of aromatic nitrogens is 4. The van der Waals surface area contributed by atoms with Gasteiger partial charge in [0.25, 0.3) is 5.78 Å². The van der Waals surface area contributed by atoms with Crippen molar-refractivity contribution >= 4 is 23.6 Å². The van der Waals surface area contributed by atoms with E-state index in [0.717, 1.165) is 87.8 Å². The highest BCUT2D eigenvalue weighted by molar-refractivity contribution is 5.76. The minimum absolute atomic E-state index is 0.158. The zero-order chi connectivity index (χ0) is 42.1. The first kappa shape index (κ1) is 48.7. The Morgan fingerprint density at radius 3 is 2.30 bits per heavy atom. The Hall–Kier alpha value is -3.46. The fraction of sp³-hybridized carbons (Fsp3) is 0.780. The van der Waals surface area contributed by atoms with Crippen LogP contribution in [-0.4, -0.2) is 113 Å². The predicted molar refractivity (Wildman–Crippen MR) is 219 cm³/mol. The fourth-order valence-corrected chi connectivity index (χ4v) is 6.34. The highest BCUT2D eigenvalue weighted by atomic mass is 19.4. The molecule has 3 fully saturated rings. The molecule has 2 aliphatic heterocycles. The first-order valence-corrected chi connectivity index (χ1v) is 20.6. The number of likely N-dealkylation sites (N-methyl/N-ethyl adjacent to an activating group) is 1. The van der Waals surface area contributed by atoms with Gasteiger partial charge in [0.1, 0.15) is 11.3 Å². The highest BCUT2D eigenvalue weighted by Crippen LogP contribution is 2.45. The van der Waals surface area contributed by atoms with Gasteiger partial charge < -0.3 is 25.2 Å². The first-order chi connectivity index (χ1) is 26.4. The summed E-state index contributed by atoms with van der Waals surface area (Å²) < 4.78 is 36.5. The molecule has 2 saturated heterocycles. The molecule has 2 aromatic heterocycles. The third kappa shape index (κ3) is 17.0. The quantitative estimate of drug-likeness (QED) is 0.205. The summed E-state index contributed by atoms with van der Waals surface area (Å²) in [4.78, 5) is 39.4. The average Bonchev–Trinajstić information content (AvgIpc) is 3.78. The number of ether oxygens (including phenoxy) is 1. The lowest BCUT2D eigenvalue weighted by Gasteiger charge is -2.43. The van der Waals surface area contributed by atoms with Crippen molar-refractivity contribution in [3.05, 3.63) is 29.2 Å². The van der Waals surface area contributed by atoms with Crippen LogP contribution in [0.1, 0.15) is 137 Å². The number of aryl methyl sites for hydroxylation is 1. The van der Waals surface area contributed by atoms with Gasteiger partial charge in [-0.25, -0.2) is 14.3 Å². The van der Waals surface area contributed by atoms with E-state index in [-0.39, 0.29) is 23.6 Å². The second-order valence-corrected chi connectivity index (χ2v) is 16.3. The van der Waals surface area contributed by atoms with Crippen LogP contribution in [0.5, 0.6) is 0 Å². The Morgan fingerprint density at radius 2 is 1.80 bits per heavy atom. The lowest BCUT2D eigenvalue weighted by Crippen LogP contribution is -2.58. The van der Waals surface area contributed by atoms with Crippen LogP contribution in [0.25, 0.3) is 5.78 Å². The third-order valence-corrected chi connectivity index (χ3v) is 10.5. The molecular weight excluding hydrogens is 724 g/mol. The number of anilines is 1. The number of piperidine rings is 1. The minimum atomic E-state index is -3.67. The molecule has 0 aromatic carbocycles. The Bertz CT molecular complexity index is 1500. The average molecular weight is 796 g/mol. The van der Waals surface area contributed by atoms with Crippen molar-refractivity contribution in [2.45, 2.75) is 150 Å². The van der Waals surface area contributed by atoms with E-state index in [0.29, 0.717) is 18.9 Å². The number of rotatable bonds is 12. The number of hydrogen-bond acceptors (Lipinski definition) is 9. The molecule has 2 atom stereocenters. The molecule has 2 amide bonds. The summed E-state index contributed by atoms with van der Waals surface area (Å²) >= 11 is 0. The predicted octanol–water partition coefficient (Wildman–Crippen LogP) is 8.26. The summed E-state index contributed by atoms with van der Waals surface area (Å²) in [5, 5.41) is 11.0. The van der Waals surface area contributed by atoms with Gasteiger partial charge in [-0.3, -0.25) is 9.69 Å². The van der Waals surface area contributed by atoms with Gasteiger partial charge in [0.15, 0.2) is 5.82 Å². The van der Waals surface area contributed by atoms with Crippen molar-refractivity contribution < 1.29 is 27.5 Å². The van der Waals surface area contributed by atoms with Crippen molar-refractivity contribution in [1.82, 2.24) is 40.0 Å². The van der Waals surface area contributed by atoms with E-state index in [1.54, 1.807) is 4.52 Å². The van der Waals surface area contributed by atoms with E-state index in [2.05, 4.69) is 68.2 Å². The molecule has 1 spiro atoms. The van der Waals surface area contributed by atoms with E-state index in [1.807, 2.05) is 45.8 Å². The maximum absolute atomic E-state index is 12.8.